The van der Waals surface area contributed by atoms with E-state index in [1.54, 1.807) is 6.20 Å². The van der Waals surface area contributed by atoms with Crippen LogP contribution in [-0.4, -0.2) is 35.5 Å². The molecule has 21 heavy (non-hydrogen) atoms. The Morgan fingerprint density at radius 1 is 1.29 bits per heavy atom. The summed E-state index contributed by atoms with van der Waals surface area (Å²) in [6.45, 7) is 3.41. The second-order valence-electron chi connectivity index (χ2n) is 5.46. The van der Waals surface area contributed by atoms with Gasteiger partial charge in [-0.25, -0.2) is 0 Å². The predicted molar refractivity (Wildman–Crippen MR) is 83.6 cm³/mol. The van der Waals surface area contributed by atoms with Crippen LogP contribution in [-0.2, 0) is 6.54 Å². The van der Waals surface area contributed by atoms with Crippen LogP contribution in [0.15, 0.2) is 42.7 Å². The molecule has 1 unspecified atom stereocenters. The van der Waals surface area contributed by atoms with Crippen LogP contribution >= 0.6 is 0 Å². The van der Waals surface area contributed by atoms with Gasteiger partial charge in [0.1, 0.15) is 12.4 Å². The van der Waals surface area contributed by atoms with Gasteiger partial charge < -0.3 is 15.4 Å². The van der Waals surface area contributed by atoms with E-state index in [1.165, 1.54) is 12.1 Å². The van der Waals surface area contributed by atoms with Gasteiger partial charge in [0, 0.05) is 37.2 Å². The van der Waals surface area contributed by atoms with Crippen LogP contribution in [0.5, 0.6) is 5.75 Å². The van der Waals surface area contributed by atoms with E-state index >= 15 is 0 Å². The molecule has 1 aromatic carbocycles. The lowest BCUT2D eigenvalue weighted by Crippen LogP contribution is -2.42. The minimum atomic E-state index is 0.295. The van der Waals surface area contributed by atoms with Crippen molar-refractivity contribution < 1.29 is 4.74 Å². The van der Waals surface area contributed by atoms with Crippen molar-refractivity contribution in [3.05, 3.63) is 42.7 Å². The van der Waals surface area contributed by atoms with Crippen LogP contribution in [0, 0.1) is 0 Å². The fraction of sp³-hybridized carbons (Fsp3) is 0.438. The van der Waals surface area contributed by atoms with Gasteiger partial charge >= 0.3 is 0 Å². The summed E-state index contributed by atoms with van der Waals surface area (Å²) in [5.41, 5.74) is 7.26. The van der Waals surface area contributed by atoms with Gasteiger partial charge in [0.25, 0.3) is 0 Å². The fourth-order valence-electron chi connectivity index (χ4n) is 2.69. The van der Waals surface area contributed by atoms with Crippen LogP contribution in [0.3, 0.4) is 0 Å². The lowest BCUT2D eigenvalue weighted by Gasteiger charge is -2.32. The minimum absolute atomic E-state index is 0.295. The van der Waals surface area contributed by atoms with Gasteiger partial charge in [-0.05, 0) is 43.2 Å². The summed E-state index contributed by atoms with van der Waals surface area (Å²) < 4.78 is 7.60. The lowest BCUT2D eigenvalue weighted by molar-refractivity contribution is 0.291. The second-order valence-corrected chi connectivity index (χ2v) is 5.46. The zero-order valence-corrected chi connectivity index (χ0v) is 12.2. The molecule has 1 aliphatic rings. The van der Waals surface area contributed by atoms with Gasteiger partial charge in [0.2, 0.25) is 0 Å². The van der Waals surface area contributed by atoms with E-state index in [0.29, 0.717) is 12.6 Å². The molecule has 0 amide bonds. The van der Waals surface area contributed by atoms with E-state index in [0.717, 1.165) is 31.8 Å². The summed E-state index contributed by atoms with van der Waals surface area (Å²) in [6.07, 6.45) is 6.01. The quantitative estimate of drug-likeness (QED) is 0.912. The number of benzene rings is 1. The number of ether oxygens (including phenoxy) is 1. The minimum Gasteiger partial charge on any atom is -0.492 e. The third kappa shape index (κ3) is 3.76. The molecule has 2 aromatic rings. The summed E-state index contributed by atoms with van der Waals surface area (Å²) in [6, 6.07) is 10.5. The van der Waals surface area contributed by atoms with Gasteiger partial charge in [-0.2, -0.15) is 5.10 Å². The Balaban J connectivity index is 1.51. The maximum Gasteiger partial charge on any atom is 0.119 e. The van der Waals surface area contributed by atoms with E-state index in [-0.39, 0.29) is 0 Å². The molecule has 2 heterocycles. The highest BCUT2D eigenvalue weighted by molar-refractivity contribution is 5.49. The maximum absolute atomic E-state index is 6.03. The number of nitrogens with zero attached hydrogens (tertiary/aromatic N) is 3. The first-order valence-electron chi connectivity index (χ1n) is 7.52. The van der Waals surface area contributed by atoms with Crippen molar-refractivity contribution in [2.75, 3.05) is 24.6 Å². The molecule has 1 atom stereocenters. The zero-order valence-electron chi connectivity index (χ0n) is 12.2. The van der Waals surface area contributed by atoms with Crippen molar-refractivity contribution >= 4 is 5.69 Å². The number of nitrogens with two attached hydrogens (primary N) is 1. The molecule has 3 rings (SSSR count). The molecule has 0 spiro atoms. The molecule has 5 heteroatoms. The highest BCUT2D eigenvalue weighted by Crippen LogP contribution is 2.22. The summed E-state index contributed by atoms with van der Waals surface area (Å²) in [5.74, 6) is 0.896. The van der Waals surface area contributed by atoms with Gasteiger partial charge in [-0.15, -0.1) is 0 Å². The molecule has 112 valence electrons. The Kier molecular flexibility index (Phi) is 4.40. The van der Waals surface area contributed by atoms with Crippen molar-refractivity contribution in [2.24, 2.45) is 5.73 Å². The molecule has 0 saturated carbocycles. The number of piperidine rings is 1. The largest absolute Gasteiger partial charge is 0.492 e. The van der Waals surface area contributed by atoms with Crippen molar-refractivity contribution in [2.45, 2.75) is 25.4 Å². The smallest absolute Gasteiger partial charge is 0.119 e. The SMILES string of the molecule is NC1CCCN(c2ccc(OCCn3cccn3)cc2)C1. The summed E-state index contributed by atoms with van der Waals surface area (Å²) in [4.78, 5) is 2.35. The van der Waals surface area contributed by atoms with Crippen LogP contribution in [0.2, 0.25) is 0 Å². The highest BCUT2D eigenvalue weighted by atomic mass is 16.5. The standard InChI is InChI=1S/C16H22N4O/c17-14-3-1-9-19(13-14)15-4-6-16(7-5-15)21-12-11-20-10-2-8-18-20/h2,4-8,10,14H,1,3,9,11-13,17H2. The van der Waals surface area contributed by atoms with E-state index in [9.17, 15) is 0 Å². The Labute approximate surface area is 125 Å². The van der Waals surface area contributed by atoms with Crippen molar-refractivity contribution in [1.82, 2.24) is 9.78 Å². The molecular formula is C16H22N4O. The average molecular weight is 286 g/mol. The van der Waals surface area contributed by atoms with Gasteiger partial charge in [0.15, 0.2) is 0 Å². The molecule has 1 aliphatic heterocycles. The monoisotopic (exact) mass is 286 g/mol. The normalized spacial score (nSPS) is 18.7. The zero-order chi connectivity index (χ0) is 14.5. The maximum atomic E-state index is 6.03. The summed E-state index contributed by atoms with van der Waals surface area (Å²) in [7, 11) is 0. The number of rotatable bonds is 5. The molecule has 0 aliphatic carbocycles. The summed E-state index contributed by atoms with van der Waals surface area (Å²) >= 11 is 0. The van der Waals surface area contributed by atoms with Gasteiger partial charge in [-0.3, -0.25) is 4.68 Å². The highest BCUT2D eigenvalue weighted by Gasteiger charge is 2.16. The van der Waals surface area contributed by atoms with Crippen LogP contribution in [0.25, 0.3) is 0 Å². The molecule has 1 aromatic heterocycles. The second kappa shape index (κ2) is 6.63. The van der Waals surface area contributed by atoms with E-state index in [4.69, 9.17) is 10.5 Å². The van der Waals surface area contributed by atoms with Crippen LogP contribution < -0.4 is 15.4 Å². The Morgan fingerprint density at radius 2 is 2.14 bits per heavy atom. The Hall–Kier alpha value is -2.01. The average Bonchev–Trinajstić information content (AvgIpc) is 3.01. The number of hydrogen-bond acceptors (Lipinski definition) is 4. The van der Waals surface area contributed by atoms with Gasteiger partial charge in [0.05, 0.1) is 6.54 Å². The molecule has 2 N–H and O–H groups in total. The fourth-order valence-corrected chi connectivity index (χ4v) is 2.69. The first-order valence-corrected chi connectivity index (χ1v) is 7.52. The molecule has 5 nitrogen and oxygen atoms in total. The first-order chi connectivity index (χ1) is 10.3. The Bertz CT molecular complexity index is 538. The van der Waals surface area contributed by atoms with Crippen molar-refractivity contribution in [3.63, 3.8) is 0 Å². The van der Waals surface area contributed by atoms with Crippen molar-refractivity contribution in [3.8, 4) is 5.75 Å². The Morgan fingerprint density at radius 3 is 2.86 bits per heavy atom. The topological polar surface area (TPSA) is 56.3 Å². The van der Waals surface area contributed by atoms with E-state index in [1.807, 2.05) is 29.1 Å². The van der Waals surface area contributed by atoms with E-state index in [2.05, 4.69) is 22.1 Å². The van der Waals surface area contributed by atoms with Crippen LogP contribution in [0.4, 0.5) is 5.69 Å². The van der Waals surface area contributed by atoms with Crippen molar-refractivity contribution in [1.29, 1.82) is 0 Å². The summed E-state index contributed by atoms with van der Waals surface area (Å²) in [5, 5.41) is 4.15. The third-order valence-electron chi connectivity index (χ3n) is 3.81. The van der Waals surface area contributed by atoms with E-state index < -0.39 is 0 Å². The number of anilines is 1. The molecule has 0 bridgehead atoms. The third-order valence-corrected chi connectivity index (χ3v) is 3.81. The molecule has 0 radical (unpaired) electrons. The lowest BCUT2D eigenvalue weighted by atomic mass is 10.1. The number of hydrogen-bond donors (Lipinski definition) is 1. The predicted octanol–water partition coefficient (Wildman–Crippen LogP) is 1.89. The molecule has 1 saturated heterocycles. The first kappa shape index (κ1) is 13.9. The number of aromatic nitrogens is 2. The molecule has 1 fully saturated rings. The van der Waals surface area contributed by atoms with Crippen LogP contribution in [0.1, 0.15) is 12.8 Å². The van der Waals surface area contributed by atoms with Gasteiger partial charge in [-0.1, -0.05) is 0 Å². The molecular weight excluding hydrogens is 264 g/mol.